The Balaban J connectivity index is 1.09. The fraction of sp³-hybridized carbons (Fsp3) is 0. The second kappa shape index (κ2) is 16.5. The van der Waals surface area contributed by atoms with E-state index in [2.05, 4.69) is 237 Å². The van der Waals surface area contributed by atoms with E-state index in [1.807, 2.05) is 36.4 Å². The quantitative estimate of drug-likeness (QED) is 0.152. The zero-order valence-electron chi connectivity index (χ0n) is 37.8. The normalized spacial score (nSPS) is 11.4. The van der Waals surface area contributed by atoms with Gasteiger partial charge in [-0.2, -0.15) is 10.5 Å². The summed E-state index contributed by atoms with van der Waals surface area (Å²) < 4.78 is 4.37. The number of nitrogens with zero attached hydrogens (tertiary/aromatic N) is 6. The molecule has 13 rings (SSSR count). The van der Waals surface area contributed by atoms with Crippen LogP contribution in [0.3, 0.4) is 0 Å². The zero-order valence-corrected chi connectivity index (χ0v) is 37.8. The van der Waals surface area contributed by atoms with Gasteiger partial charge in [-0.15, -0.1) is 0 Å². The molecule has 0 aliphatic rings. The van der Waals surface area contributed by atoms with Crippen LogP contribution in [0, 0.1) is 22.7 Å². The first-order valence-corrected chi connectivity index (χ1v) is 23.4. The summed E-state index contributed by atoms with van der Waals surface area (Å²) in [4.78, 5) is 4.55. The van der Waals surface area contributed by atoms with Crippen LogP contribution in [0.25, 0.3) is 76.5 Å². The van der Waals surface area contributed by atoms with Crippen molar-refractivity contribution in [2.45, 2.75) is 0 Å². The monoisotopic (exact) mass is 892 g/mol. The summed E-state index contributed by atoms with van der Waals surface area (Å²) in [5.41, 5.74) is 11.9. The molecule has 13 aromatic rings. The molecule has 0 fully saturated rings. The third kappa shape index (κ3) is 6.40. The van der Waals surface area contributed by atoms with Gasteiger partial charge in [-0.3, -0.25) is 0 Å². The van der Waals surface area contributed by atoms with Crippen LogP contribution in [0.15, 0.2) is 243 Å². The molecule has 0 spiro atoms. The topological polar surface area (TPSA) is 63.9 Å². The van der Waals surface area contributed by atoms with Crippen molar-refractivity contribution in [3.63, 3.8) is 0 Å². The van der Waals surface area contributed by atoms with E-state index in [0.717, 1.165) is 99.3 Å². The number of aromatic nitrogens is 2. The lowest BCUT2D eigenvalue weighted by molar-refractivity contribution is 1.11. The number of hydrogen-bond donors (Lipinski definition) is 0. The fourth-order valence-corrected chi connectivity index (χ4v) is 10.7. The number of benzene rings is 11. The van der Waals surface area contributed by atoms with Gasteiger partial charge in [0, 0.05) is 55.7 Å². The van der Waals surface area contributed by atoms with Gasteiger partial charge < -0.3 is 18.9 Å². The molecule has 6 heteroatoms. The molecule has 0 radical (unpaired) electrons. The smallest absolute Gasteiger partial charge is 0.104 e. The number of fused-ring (bicyclic) bond motifs is 9. The highest BCUT2D eigenvalue weighted by atomic mass is 15.1. The van der Waals surface area contributed by atoms with Crippen LogP contribution in [0.5, 0.6) is 0 Å². The van der Waals surface area contributed by atoms with Crippen molar-refractivity contribution < 1.29 is 0 Å². The van der Waals surface area contributed by atoms with E-state index in [4.69, 9.17) is 0 Å². The maximum atomic E-state index is 11.7. The van der Waals surface area contributed by atoms with Gasteiger partial charge in [-0.25, -0.2) is 0 Å². The number of nitriles is 2. The average molecular weight is 893 g/mol. The molecule has 2 aromatic heterocycles. The van der Waals surface area contributed by atoms with Gasteiger partial charge in [0.2, 0.25) is 0 Å². The molecular weight excluding hydrogens is 853 g/mol. The van der Waals surface area contributed by atoms with E-state index >= 15 is 0 Å². The third-order valence-electron chi connectivity index (χ3n) is 13.7. The van der Waals surface area contributed by atoms with Crippen LogP contribution in [0.4, 0.5) is 34.1 Å². The van der Waals surface area contributed by atoms with Crippen LogP contribution >= 0.6 is 0 Å². The fourth-order valence-electron chi connectivity index (χ4n) is 10.7. The van der Waals surface area contributed by atoms with Crippen LogP contribution in [0.1, 0.15) is 11.1 Å². The number of rotatable bonds is 8. The molecule has 326 valence electrons. The molecule has 0 N–H and O–H groups in total. The molecule has 70 heavy (non-hydrogen) atoms. The van der Waals surface area contributed by atoms with Crippen LogP contribution in [0.2, 0.25) is 0 Å². The van der Waals surface area contributed by atoms with Gasteiger partial charge in [-0.05, 0) is 137 Å². The lowest BCUT2D eigenvalue weighted by Crippen LogP contribution is -2.10. The summed E-state index contributed by atoms with van der Waals surface area (Å²) in [7, 11) is 0. The van der Waals surface area contributed by atoms with E-state index in [-0.39, 0.29) is 0 Å². The number of anilines is 6. The Hall–Kier alpha value is -9.88. The molecule has 0 amide bonds. The first kappa shape index (κ1) is 40.4. The SMILES string of the molecule is N#Cc1ccc(-n2c3ccc(N(c4ccccc4)c4ccccc4)cc3c3c4ccccc4ccc32)c(C#N)c1-n1c2ccc(N(c3ccccc3)c3ccccc3)cc2c2cc3ccccc3cc21. The lowest BCUT2D eigenvalue weighted by Gasteiger charge is -2.25. The van der Waals surface area contributed by atoms with Gasteiger partial charge in [-0.1, -0.05) is 127 Å². The summed E-state index contributed by atoms with van der Waals surface area (Å²) in [6.45, 7) is 0. The Kier molecular flexibility index (Phi) is 9.50. The Morgan fingerprint density at radius 3 is 1.34 bits per heavy atom. The van der Waals surface area contributed by atoms with Gasteiger partial charge in [0.15, 0.2) is 0 Å². The predicted molar refractivity (Wildman–Crippen MR) is 289 cm³/mol. The van der Waals surface area contributed by atoms with Crippen molar-refractivity contribution in [3.8, 4) is 23.5 Å². The second-order valence-electron chi connectivity index (χ2n) is 17.6. The van der Waals surface area contributed by atoms with Crippen molar-refractivity contribution in [2.75, 3.05) is 9.80 Å². The maximum Gasteiger partial charge on any atom is 0.104 e. The third-order valence-corrected chi connectivity index (χ3v) is 13.7. The van der Waals surface area contributed by atoms with Crippen LogP contribution in [-0.4, -0.2) is 9.13 Å². The molecule has 0 aliphatic heterocycles. The maximum absolute atomic E-state index is 11.7. The highest BCUT2D eigenvalue weighted by molar-refractivity contribution is 6.22. The lowest BCUT2D eigenvalue weighted by atomic mass is 10.0. The van der Waals surface area contributed by atoms with Gasteiger partial charge >= 0.3 is 0 Å². The van der Waals surface area contributed by atoms with E-state index in [0.29, 0.717) is 22.5 Å². The second-order valence-corrected chi connectivity index (χ2v) is 17.6. The summed E-state index contributed by atoms with van der Waals surface area (Å²) in [5.74, 6) is 0. The molecule has 0 saturated heterocycles. The Morgan fingerprint density at radius 1 is 0.314 bits per heavy atom. The Morgan fingerprint density at radius 2 is 0.786 bits per heavy atom. The van der Waals surface area contributed by atoms with E-state index in [9.17, 15) is 10.5 Å². The highest BCUT2D eigenvalue weighted by Crippen LogP contribution is 2.45. The van der Waals surface area contributed by atoms with Crippen molar-refractivity contribution in [1.29, 1.82) is 10.5 Å². The molecule has 0 aliphatic carbocycles. The molecule has 6 nitrogen and oxygen atoms in total. The van der Waals surface area contributed by atoms with E-state index < -0.39 is 0 Å². The molecule has 11 aromatic carbocycles. The minimum atomic E-state index is 0.400. The standard InChI is InChI=1S/C64H40N6/c65-41-46-30-33-60(69-59-36-32-52(68(49-24-9-3-10-25-49)50-26-11-4-12-27-50)40-56(59)63-53-28-16-15-17-43(53)29-34-61(63)69)57(42-66)64(46)70-58-35-31-51(67(47-20-5-1-6-21-47)48-22-7-2-8-23-48)39-55(58)54-37-44-18-13-14-19-45(44)38-62(54)70/h1-40H. The summed E-state index contributed by atoms with van der Waals surface area (Å²) in [6.07, 6.45) is 0. The van der Waals surface area contributed by atoms with Gasteiger partial charge in [0.25, 0.3) is 0 Å². The molecule has 0 unspecified atom stereocenters. The zero-order chi connectivity index (χ0) is 46.7. The minimum Gasteiger partial charge on any atom is -0.310 e. The Labute approximate surface area is 404 Å². The van der Waals surface area contributed by atoms with Crippen molar-refractivity contribution in [3.05, 3.63) is 254 Å². The molecular formula is C64H40N6. The average Bonchev–Trinajstić information content (AvgIpc) is 3.92. The van der Waals surface area contributed by atoms with Gasteiger partial charge in [0.1, 0.15) is 17.7 Å². The summed E-state index contributed by atoms with van der Waals surface area (Å²) in [6, 6.07) is 89.5. The summed E-state index contributed by atoms with van der Waals surface area (Å²) in [5, 5.41) is 31.3. The van der Waals surface area contributed by atoms with Crippen LogP contribution < -0.4 is 9.80 Å². The van der Waals surface area contributed by atoms with Gasteiger partial charge in [0.05, 0.1) is 39.0 Å². The predicted octanol–water partition coefficient (Wildman–Crippen LogP) is 16.9. The Bertz CT molecular complexity index is 4180. The van der Waals surface area contributed by atoms with E-state index in [1.165, 1.54) is 0 Å². The first-order valence-electron chi connectivity index (χ1n) is 23.4. The molecule has 0 atom stereocenters. The van der Waals surface area contributed by atoms with Crippen LogP contribution in [-0.2, 0) is 0 Å². The molecule has 0 saturated carbocycles. The van der Waals surface area contributed by atoms with Crippen molar-refractivity contribution >= 4 is 99.3 Å². The number of para-hydroxylation sites is 4. The first-order chi connectivity index (χ1) is 34.7. The largest absolute Gasteiger partial charge is 0.310 e. The summed E-state index contributed by atoms with van der Waals surface area (Å²) >= 11 is 0. The minimum absolute atomic E-state index is 0.400. The highest BCUT2D eigenvalue weighted by Gasteiger charge is 2.26. The van der Waals surface area contributed by atoms with E-state index in [1.54, 1.807) is 0 Å². The number of hydrogen-bond acceptors (Lipinski definition) is 4. The van der Waals surface area contributed by atoms with Crippen molar-refractivity contribution in [2.24, 2.45) is 0 Å². The molecule has 0 bridgehead atoms. The van der Waals surface area contributed by atoms with Crippen molar-refractivity contribution in [1.82, 2.24) is 9.13 Å². The molecule has 2 heterocycles.